The Morgan fingerprint density at radius 1 is 1.05 bits per heavy atom. The molecular formula is C34H41N3O4S. The Morgan fingerprint density at radius 2 is 1.71 bits per heavy atom. The molecule has 3 aliphatic rings. The summed E-state index contributed by atoms with van der Waals surface area (Å²) in [5.74, 6) is -1.62. The molecule has 7 nitrogen and oxygen atoms in total. The smallest absolute Gasteiger partial charge is 0.251 e. The number of thioether (sulfide) groups is 1. The predicted molar refractivity (Wildman–Crippen MR) is 168 cm³/mol. The number of β-amino-alcohol motifs (C(OH)–C–C–N with tert-alkyl or cyclic N) is 1. The van der Waals surface area contributed by atoms with Crippen molar-refractivity contribution in [1.29, 1.82) is 0 Å². The lowest BCUT2D eigenvalue weighted by atomic mass is 9.65. The molecule has 3 unspecified atom stereocenters. The number of hydrogen-bond acceptors (Lipinski definition) is 5. The first-order chi connectivity index (χ1) is 20.2. The highest BCUT2D eigenvalue weighted by molar-refractivity contribution is 8.02. The zero-order valence-corrected chi connectivity index (χ0v) is 25.6. The van der Waals surface area contributed by atoms with Crippen LogP contribution in [0, 0.1) is 31.6 Å². The molecule has 3 aliphatic heterocycles. The topological polar surface area (TPSA) is 81.2 Å². The molecular weight excluding hydrogens is 546 g/mol. The van der Waals surface area contributed by atoms with Gasteiger partial charge in [0.2, 0.25) is 11.8 Å². The SMILES string of the molecule is C=CCN(Cc1ccccc1)C(=O)[C@@H]1[C@H]2C(=O)N(CCO)C(C(=O)N(CC=C)c3c(C)cccc3C)C23S[C@@H]1CC3C. The van der Waals surface area contributed by atoms with E-state index in [0.29, 0.717) is 13.1 Å². The second-order valence-electron chi connectivity index (χ2n) is 11.8. The van der Waals surface area contributed by atoms with Gasteiger partial charge in [-0.15, -0.1) is 24.9 Å². The molecule has 3 fully saturated rings. The highest BCUT2D eigenvalue weighted by atomic mass is 32.2. The summed E-state index contributed by atoms with van der Waals surface area (Å²) in [5.41, 5.74) is 3.75. The summed E-state index contributed by atoms with van der Waals surface area (Å²) < 4.78 is -0.767. The molecule has 0 aromatic heterocycles. The number of benzene rings is 2. The molecule has 0 aliphatic carbocycles. The molecule has 2 aromatic rings. The Bertz CT molecular complexity index is 1360. The maximum atomic E-state index is 14.8. The lowest BCUT2D eigenvalue weighted by molar-refractivity contribution is -0.144. The Morgan fingerprint density at radius 3 is 2.33 bits per heavy atom. The van der Waals surface area contributed by atoms with Crippen molar-refractivity contribution in [3.63, 3.8) is 0 Å². The molecule has 1 spiro atoms. The number of aliphatic hydroxyl groups is 1. The average molecular weight is 588 g/mol. The monoisotopic (exact) mass is 587 g/mol. The fraction of sp³-hybridized carbons (Fsp3) is 0.441. The molecule has 0 radical (unpaired) electrons. The van der Waals surface area contributed by atoms with Crippen LogP contribution in [0.1, 0.15) is 30.0 Å². The standard InChI is InChI=1S/C34H41N3O4S/c1-6-16-35(21-25-14-9-8-10-15-25)31(39)27-26-20-24(5)34(42-26)28(27)32(40)37(18-19-38)30(34)33(41)36(17-7-2)29-22(3)12-11-13-23(29)4/h6-15,24,26-28,30,38H,1-2,16-21H2,3-5H3/t24?,26-,27+,28+,30?,34?/m1/s1. The Balaban J connectivity index is 1.56. The van der Waals surface area contributed by atoms with Crippen LogP contribution in [0.4, 0.5) is 5.69 Å². The third-order valence-corrected chi connectivity index (χ3v) is 11.3. The van der Waals surface area contributed by atoms with Crippen LogP contribution in [0.25, 0.3) is 0 Å². The van der Waals surface area contributed by atoms with E-state index in [-0.39, 0.29) is 48.6 Å². The lowest BCUT2D eigenvalue weighted by Gasteiger charge is -2.41. The van der Waals surface area contributed by atoms with E-state index in [2.05, 4.69) is 20.1 Å². The number of fused-ring (bicyclic) bond motifs is 1. The fourth-order valence-electron chi connectivity index (χ4n) is 7.63. The zero-order chi connectivity index (χ0) is 30.2. The number of amides is 3. The second-order valence-corrected chi connectivity index (χ2v) is 13.3. The molecule has 2 bridgehead atoms. The van der Waals surface area contributed by atoms with Crippen LogP contribution in [0.3, 0.4) is 0 Å². The zero-order valence-electron chi connectivity index (χ0n) is 24.7. The van der Waals surface area contributed by atoms with Crippen LogP contribution in [-0.2, 0) is 20.9 Å². The number of carbonyl (C=O) groups is 3. The van der Waals surface area contributed by atoms with Crippen molar-refractivity contribution in [3.05, 3.63) is 90.5 Å². The van der Waals surface area contributed by atoms with Crippen LogP contribution >= 0.6 is 11.8 Å². The van der Waals surface area contributed by atoms with Crippen LogP contribution in [0.5, 0.6) is 0 Å². The molecule has 1 N–H and O–H groups in total. The summed E-state index contributed by atoms with van der Waals surface area (Å²) in [7, 11) is 0. The van der Waals surface area contributed by atoms with Gasteiger partial charge in [-0.2, -0.15) is 0 Å². The van der Waals surface area contributed by atoms with E-state index >= 15 is 0 Å². The molecule has 3 saturated heterocycles. The van der Waals surface area contributed by atoms with Gasteiger partial charge in [-0.05, 0) is 42.9 Å². The molecule has 3 heterocycles. The van der Waals surface area contributed by atoms with Crippen molar-refractivity contribution in [2.75, 3.05) is 31.1 Å². The third-order valence-electron chi connectivity index (χ3n) is 9.27. The first-order valence-electron chi connectivity index (χ1n) is 14.7. The summed E-state index contributed by atoms with van der Waals surface area (Å²) >= 11 is 1.65. The number of para-hydroxylation sites is 1. The maximum absolute atomic E-state index is 14.8. The minimum atomic E-state index is -0.800. The van der Waals surface area contributed by atoms with Crippen molar-refractivity contribution in [2.24, 2.45) is 17.8 Å². The first-order valence-corrected chi connectivity index (χ1v) is 15.6. The Kier molecular flexibility index (Phi) is 8.67. The molecule has 42 heavy (non-hydrogen) atoms. The van der Waals surface area contributed by atoms with E-state index in [1.165, 1.54) is 0 Å². The van der Waals surface area contributed by atoms with Gasteiger partial charge in [0.15, 0.2) is 0 Å². The molecule has 6 atom stereocenters. The second kappa shape index (κ2) is 12.1. The third kappa shape index (κ3) is 4.78. The van der Waals surface area contributed by atoms with E-state index in [1.54, 1.807) is 38.6 Å². The Labute approximate surface area is 253 Å². The molecule has 0 saturated carbocycles. The first kappa shape index (κ1) is 30.1. The summed E-state index contributed by atoms with van der Waals surface area (Å²) in [5, 5.41) is 9.99. The van der Waals surface area contributed by atoms with E-state index < -0.39 is 22.6 Å². The van der Waals surface area contributed by atoms with Gasteiger partial charge in [0.25, 0.3) is 5.91 Å². The maximum Gasteiger partial charge on any atom is 0.251 e. The van der Waals surface area contributed by atoms with Crippen molar-refractivity contribution in [1.82, 2.24) is 9.80 Å². The lowest BCUT2D eigenvalue weighted by Crippen LogP contribution is -2.58. The number of aliphatic hydroxyl groups excluding tert-OH is 1. The van der Waals surface area contributed by atoms with Crippen molar-refractivity contribution in [3.8, 4) is 0 Å². The number of nitrogens with zero attached hydrogens (tertiary/aromatic N) is 3. The minimum absolute atomic E-state index is 0.0358. The fourth-order valence-corrected chi connectivity index (χ4v) is 10.0. The van der Waals surface area contributed by atoms with Crippen LogP contribution in [-0.4, -0.2) is 74.9 Å². The van der Waals surface area contributed by atoms with Gasteiger partial charge in [-0.3, -0.25) is 14.4 Å². The highest BCUT2D eigenvalue weighted by Gasteiger charge is 2.76. The average Bonchev–Trinajstić information content (AvgIpc) is 3.56. The van der Waals surface area contributed by atoms with Gasteiger partial charge in [0.05, 0.1) is 23.2 Å². The van der Waals surface area contributed by atoms with Gasteiger partial charge in [0, 0.05) is 37.1 Å². The number of anilines is 1. The normalized spacial score (nSPS) is 27.6. The number of rotatable bonds is 11. The van der Waals surface area contributed by atoms with E-state index in [4.69, 9.17) is 0 Å². The largest absolute Gasteiger partial charge is 0.395 e. The minimum Gasteiger partial charge on any atom is -0.395 e. The van der Waals surface area contributed by atoms with Crippen LogP contribution in [0.15, 0.2) is 73.8 Å². The van der Waals surface area contributed by atoms with E-state index in [0.717, 1.165) is 28.8 Å². The molecule has 5 rings (SSSR count). The molecule has 8 heteroatoms. The number of carbonyl (C=O) groups excluding carboxylic acids is 3. The quantitative estimate of drug-likeness (QED) is 0.395. The van der Waals surface area contributed by atoms with Gasteiger partial charge >= 0.3 is 0 Å². The van der Waals surface area contributed by atoms with Crippen molar-refractivity contribution >= 4 is 35.2 Å². The summed E-state index contributed by atoms with van der Waals surface area (Å²) in [4.78, 5) is 48.6. The molecule has 2 aromatic carbocycles. The molecule has 3 amide bonds. The van der Waals surface area contributed by atoms with Crippen LogP contribution in [0.2, 0.25) is 0 Å². The highest BCUT2D eigenvalue weighted by Crippen LogP contribution is 2.69. The predicted octanol–water partition coefficient (Wildman–Crippen LogP) is 4.37. The number of likely N-dealkylation sites (tertiary alicyclic amines) is 1. The summed E-state index contributed by atoms with van der Waals surface area (Å²) in [6, 6.07) is 14.9. The van der Waals surface area contributed by atoms with E-state index in [1.807, 2.05) is 62.4 Å². The van der Waals surface area contributed by atoms with Gasteiger partial charge in [-0.25, -0.2) is 0 Å². The Hall–Kier alpha value is -3.36. The van der Waals surface area contributed by atoms with E-state index in [9.17, 15) is 19.5 Å². The van der Waals surface area contributed by atoms with Crippen LogP contribution < -0.4 is 4.90 Å². The molecule has 222 valence electrons. The van der Waals surface area contributed by atoms with Crippen molar-refractivity contribution in [2.45, 2.75) is 49.8 Å². The summed E-state index contributed by atoms with van der Waals surface area (Å²) in [6.45, 7) is 14.7. The number of hydrogen-bond donors (Lipinski definition) is 1. The van der Waals surface area contributed by atoms with Gasteiger partial charge in [-0.1, -0.05) is 67.6 Å². The summed E-state index contributed by atoms with van der Waals surface area (Å²) in [6.07, 6.45) is 4.18. The van der Waals surface area contributed by atoms with Crippen molar-refractivity contribution < 1.29 is 19.5 Å². The van der Waals surface area contributed by atoms with Gasteiger partial charge < -0.3 is 19.8 Å². The van der Waals surface area contributed by atoms with Gasteiger partial charge in [0.1, 0.15) is 6.04 Å². The number of aryl methyl sites for hydroxylation is 2.